The summed E-state index contributed by atoms with van der Waals surface area (Å²) in [6.07, 6.45) is 6.62. The van der Waals surface area contributed by atoms with Crippen LogP contribution in [0.4, 0.5) is 28.4 Å². The van der Waals surface area contributed by atoms with Gasteiger partial charge < -0.3 is 9.80 Å². The van der Waals surface area contributed by atoms with Crippen LogP contribution in [-0.2, 0) is 5.41 Å². The molecule has 0 N–H and O–H groups in total. The Morgan fingerprint density at radius 1 is 0.361 bits per heavy atom. The Balaban J connectivity index is 0.934. The molecule has 0 bridgehead atoms. The highest BCUT2D eigenvalue weighted by atomic mass is 32.1. The van der Waals surface area contributed by atoms with E-state index in [4.69, 9.17) is 6.58 Å². The molecule has 0 radical (unpaired) electrons. The molecule has 12 aromatic carbocycles. The number of nitrogens with zero attached hydrogens (tertiary/aromatic N) is 2. The predicted octanol–water partition coefficient (Wildman–Crippen LogP) is 22.2. The van der Waals surface area contributed by atoms with Crippen molar-refractivity contribution in [1.82, 2.24) is 0 Å². The zero-order valence-corrected chi connectivity index (χ0v) is 46.8. The minimum atomic E-state index is -0.655. The van der Waals surface area contributed by atoms with Crippen molar-refractivity contribution in [3.8, 4) is 55.6 Å². The topological polar surface area (TPSA) is 6.48 Å². The van der Waals surface area contributed by atoms with Gasteiger partial charge in [0.2, 0.25) is 0 Å². The van der Waals surface area contributed by atoms with E-state index < -0.39 is 5.41 Å². The van der Waals surface area contributed by atoms with Crippen molar-refractivity contribution in [3.63, 3.8) is 0 Å². The van der Waals surface area contributed by atoms with Crippen molar-refractivity contribution in [3.05, 3.63) is 350 Å². The highest BCUT2D eigenvalue weighted by Gasteiger charge is 2.53. The second-order valence-corrected chi connectivity index (χ2v) is 22.6. The molecule has 0 saturated heterocycles. The van der Waals surface area contributed by atoms with Crippen LogP contribution < -0.4 is 9.80 Å². The fraction of sp³-hybridized carbons (Fsp3) is 0.0250. The molecule has 2 aliphatic rings. The Morgan fingerprint density at radius 3 is 1.47 bits per heavy atom. The summed E-state index contributed by atoms with van der Waals surface area (Å²) in [5, 5.41) is 2.61. The van der Waals surface area contributed by atoms with Crippen LogP contribution in [0.3, 0.4) is 0 Å². The number of fused-ring (bicyclic) bond motifs is 13. The quantitative estimate of drug-likeness (QED) is 0.113. The molecule has 15 rings (SSSR count). The molecule has 1 spiro atoms. The summed E-state index contributed by atoms with van der Waals surface area (Å²) >= 11 is 1.87. The summed E-state index contributed by atoms with van der Waals surface area (Å²) in [7, 11) is 0. The minimum absolute atomic E-state index is 0.655. The van der Waals surface area contributed by atoms with E-state index >= 15 is 0 Å². The number of benzene rings is 12. The first-order valence-electron chi connectivity index (χ1n) is 28.5. The van der Waals surface area contributed by atoms with E-state index in [9.17, 15) is 0 Å². The van der Waals surface area contributed by atoms with Crippen LogP contribution in [0.25, 0.3) is 81.4 Å². The third kappa shape index (κ3) is 8.31. The van der Waals surface area contributed by atoms with E-state index in [1.807, 2.05) is 11.3 Å². The van der Waals surface area contributed by atoms with Crippen LogP contribution in [0.5, 0.6) is 0 Å². The first-order valence-corrected chi connectivity index (χ1v) is 29.4. The zero-order valence-electron chi connectivity index (χ0n) is 46.0. The fourth-order valence-electron chi connectivity index (χ4n) is 13.3. The summed E-state index contributed by atoms with van der Waals surface area (Å²) < 4.78 is 2.61. The van der Waals surface area contributed by atoms with Crippen molar-refractivity contribution in [2.45, 2.75) is 12.3 Å². The number of rotatable bonds is 12. The number of anilines is 5. The largest absolute Gasteiger partial charge is 0.311 e. The van der Waals surface area contributed by atoms with Gasteiger partial charge in [-0.2, -0.15) is 0 Å². The first-order chi connectivity index (χ1) is 41.0. The van der Waals surface area contributed by atoms with Crippen molar-refractivity contribution in [1.29, 1.82) is 0 Å². The van der Waals surface area contributed by atoms with E-state index in [1.54, 1.807) is 0 Å². The Kier molecular flexibility index (Phi) is 12.4. The Bertz CT molecular complexity index is 4600. The zero-order chi connectivity index (χ0) is 55.4. The molecule has 0 amide bonds. The maximum atomic E-state index is 4.93. The molecule has 0 fully saturated rings. The van der Waals surface area contributed by atoms with E-state index in [-0.39, 0.29) is 0 Å². The second kappa shape index (κ2) is 20.7. The van der Waals surface area contributed by atoms with Gasteiger partial charge in [-0.05, 0) is 187 Å². The SMILES string of the molecule is C=C(/C=C\C(=C/C)N(c1ccccc1)c1ccccc1)c1cccc2c1-c1cc(-c3ccccc3)ccc1C21c2ccc(-c3ccc4c(c3)sc3ccccc34)cc2-c2c(-c3ccc(N(c4ccccc4)c4ccccc4)cc3)cccc21. The smallest absolute Gasteiger partial charge is 0.0726 e. The van der Waals surface area contributed by atoms with Crippen molar-refractivity contribution in [2.75, 3.05) is 9.80 Å². The number of hydrogen-bond donors (Lipinski definition) is 0. The van der Waals surface area contributed by atoms with Crippen LogP contribution in [0.15, 0.2) is 322 Å². The van der Waals surface area contributed by atoms with Gasteiger partial charge in [0.05, 0.1) is 5.41 Å². The lowest BCUT2D eigenvalue weighted by atomic mass is 9.70. The molecule has 2 aliphatic carbocycles. The van der Waals surface area contributed by atoms with E-state index in [1.165, 1.54) is 92.5 Å². The molecule has 392 valence electrons. The number of para-hydroxylation sites is 4. The monoisotopic (exact) mass is 1080 g/mol. The van der Waals surface area contributed by atoms with Gasteiger partial charge >= 0.3 is 0 Å². The Labute approximate surface area is 489 Å². The molecular formula is C80H56N2S. The molecule has 3 heteroatoms. The van der Waals surface area contributed by atoms with Crippen LogP contribution in [-0.4, -0.2) is 0 Å². The standard InChI is InChI=1S/C80H56N2S/c1-3-60(81(61-25-11-5-12-26-61)62-27-13-6-14-28-62)45-39-54(2)66-34-21-36-74-78(66)70-51-57(55-23-9-4-10-24-55)43-49-72(70)80(74)73-50-44-58(59-42-48-69-68-33-19-20-38-76(68)83-77(69)53-59)52-71(73)79-67(35-22-37-75(79)80)56-40-46-65(47-41-56)82(63-29-15-7-16-30-63)64-31-17-8-18-32-64/h3-53H,2H2,1H3/b45-39-,60-3+. The maximum Gasteiger partial charge on any atom is 0.0726 e. The molecule has 0 saturated carbocycles. The first kappa shape index (κ1) is 49.7. The molecule has 0 aliphatic heterocycles. The molecule has 1 atom stereocenters. The molecule has 1 unspecified atom stereocenters. The van der Waals surface area contributed by atoms with Gasteiger partial charge in [-0.25, -0.2) is 0 Å². The van der Waals surface area contributed by atoms with Crippen molar-refractivity contribution >= 4 is 65.5 Å². The summed E-state index contributed by atoms with van der Waals surface area (Å²) in [6.45, 7) is 7.04. The number of allylic oxidation sites excluding steroid dienone is 4. The fourth-order valence-corrected chi connectivity index (χ4v) is 14.5. The van der Waals surface area contributed by atoms with E-state index in [0.29, 0.717) is 0 Å². The van der Waals surface area contributed by atoms with Crippen LogP contribution in [0.2, 0.25) is 0 Å². The summed E-state index contributed by atoms with van der Waals surface area (Å²) in [4.78, 5) is 4.65. The lowest BCUT2D eigenvalue weighted by molar-refractivity contribution is 0.794. The number of thiophene rings is 1. The van der Waals surface area contributed by atoms with Gasteiger partial charge in [0.25, 0.3) is 0 Å². The average molecular weight is 1080 g/mol. The molecule has 1 aromatic heterocycles. The highest BCUT2D eigenvalue weighted by molar-refractivity contribution is 7.25. The van der Waals surface area contributed by atoms with Crippen LogP contribution in [0.1, 0.15) is 34.7 Å². The summed E-state index contributed by atoms with van der Waals surface area (Å²) in [5.74, 6) is 0. The molecule has 2 nitrogen and oxygen atoms in total. The van der Waals surface area contributed by atoms with Gasteiger partial charge in [0.15, 0.2) is 0 Å². The number of hydrogen-bond acceptors (Lipinski definition) is 3. The molecular weight excluding hydrogens is 1020 g/mol. The normalized spacial score (nSPS) is 14.0. The van der Waals surface area contributed by atoms with Gasteiger partial charge in [-0.3, -0.25) is 0 Å². The third-order valence-corrected chi connectivity index (χ3v) is 18.1. The Hall–Kier alpha value is -10.3. The average Bonchev–Trinajstić information content (AvgIpc) is 1.77. The van der Waals surface area contributed by atoms with Gasteiger partial charge in [-0.1, -0.05) is 225 Å². The minimum Gasteiger partial charge on any atom is -0.311 e. The second-order valence-electron chi connectivity index (χ2n) is 21.5. The lowest BCUT2D eigenvalue weighted by Crippen LogP contribution is -2.26. The van der Waals surface area contributed by atoms with Crippen molar-refractivity contribution in [2.24, 2.45) is 0 Å². The lowest BCUT2D eigenvalue weighted by Gasteiger charge is -2.31. The van der Waals surface area contributed by atoms with E-state index in [0.717, 1.165) is 50.8 Å². The highest BCUT2D eigenvalue weighted by Crippen LogP contribution is 2.65. The van der Waals surface area contributed by atoms with Gasteiger partial charge in [0.1, 0.15) is 0 Å². The van der Waals surface area contributed by atoms with Crippen LogP contribution >= 0.6 is 11.3 Å². The summed E-state index contributed by atoms with van der Waals surface area (Å²) in [6, 6.07) is 107. The third-order valence-electron chi connectivity index (χ3n) is 17.0. The Morgan fingerprint density at radius 2 is 0.843 bits per heavy atom. The van der Waals surface area contributed by atoms with Gasteiger partial charge in [-0.15, -0.1) is 11.3 Å². The molecule has 1 heterocycles. The van der Waals surface area contributed by atoms with Crippen LogP contribution in [0, 0.1) is 0 Å². The van der Waals surface area contributed by atoms with Crippen molar-refractivity contribution < 1.29 is 0 Å². The maximum absolute atomic E-state index is 4.93. The molecule has 13 aromatic rings. The molecule has 83 heavy (non-hydrogen) atoms. The van der Waals surface area contributed by atoms with E-state index in [2.05, 4.69) is 326 Å². The van der Waals surface area contributed by atoms with Gasteiger partial charge in [0, 0.05) is 54.3 Å². The summed E-state index contributed by atoms with van der Waals surface area (Å²) in [5.41, 5.74) is 25.1. The predicted molar refractivity (Wildman–Crippen MR) is 354 cm³/mol.